The Morgan fingerprint density at radius 1 is 1.08 bits per heavy atom. The second kappa shape index (κ2) is 8.73. The Bertz CT molecular complexity index is 649. The summed E-state index contributed by atoms with van der Waals surface area (Å²) in [5.74, 6) is -0.0562. The fourth-order valence-corrected chi connectivity index (χ4v) is 3.30. The van der Waals surface area contributed by atoms with E-state index in [4.69, 9.17) is 0 Å². The quantitative estimate of drug-likeness (QED) is 0.645. The Labute approximate surface area is 146 Å². The third-order valence-corrected chi connectivity index (χ3v) is 4.81. The van der Waals surface area contributed by atoms with Crippen molar-refractivity contribution in [3.8, 4) is 0 Å². The highest BCUT2D eigenvalue weighted by molar-refractivity contribution is 7.11. The summed E-state index contributed by atoms with van der Waals surface area (Å²) >= 11 is 1.59. The van der Waals surface area contributed by atoms with E-state index in [0.29, 0.717) is 6.54 Å². The van der Waals surface area contributed by atoms with Crippen LogP contribution in [0, 0.1) is 0 Å². The van der Waals surface area contributed by atoms with Gasteiger partial charge in [-0.1, -0.05) is 36.4 Å². The molecule has 0 unspecified atom stereocenters. The van der Waals surface area contributed by atoms with Crippen molar-refractivity contribution in [2.24, 2.45) is 5.10 Å². The van der Waals surface area contributed by atoms with Crippen LogP contribution in [0.1, 0.15) is 10.4 Å². The number of rotatable bonds is 6. The van der Waals surface area contributed by atoms with Gasteiger partial charge in [-0.2, -0.15) is 5.10 Å². The van der Waals surface area contributed by atoms with Crippen LogP contribution >= 0.6 is 11.3 Å². The SMILES string of the molecule is O=C(CN1CCN(Cc2ccccc2)CC1)N/N=C/c1cccs1. The van der Waals surface area contributed by atoms with Gasteiger partial charge < -0.3 is 0 Å². The van der Waals surface area contributed by atoms with Crippen molar-refractivity contribution in [3.05, 3.63) is 58.3 Å². The van der Waals surface area contributed by atoms with Crippen molar-refractivity contribution in [2.45, 2.75) is 6.54 Å². The maximum Gasteiger partial charge on any atom is 0.254 e. The Balaban J connectivity index is 1.36. The molecule has 126 valence electrons. The summed E-state index contributed by atoms with van der Waals surface area (Å²) in [5.41, 5.74) is 3.94. The van der Waals surface area contributed by atoms with Gasteiger partial charge in [-0.25, -0.2) is 5.43 Å². The van der Waals surface area contributed by atoms with E-state index >= 15 is 0 Å². The van der Waals surface area contributed by atoms with Gasteiger partial charge in [-0.3, -0.25) is 14.6 Å². The molecule has 2 heterocycles. The van der Waals surface area contributed by atoms with E-state index in [1.165, 1.54) is 5.56 Å². The zero-order chi connectivity index (χ0) is 16.6. The van der Waals surface area contributed by atoms with Crippen molar-refractivity contribution in [2.75, 3.05) is 32.7 Å². The summed E-state index contributed by atoms with van der Waals surface area (Å²) in [6, 6.07) is 14.4. The molecule has 0 aliphatic carbocycles. The molecule has 1 aromatic carbocycles. The topological polar surface area (TPSA) is 47.9 Å². The van der Waals surface area contributed by atoms with Crippen molar-refractivity contribution in [3.63, 3.8) is 0 Å². The highest BCUT2D eigenvalue weighted by Crippen LogP contribution is 2.08. The van der Waals surface area contributed by atoms with Crippen LogP contribution < -0.4 is 5.43 Å². The molecule has 1 fully saturated rings. The zero-order valence-corrected chi connectivity index (χ0v) is 14.4. The molecule has 5 nitrogen and oxygen atoms in total. The van der Waals surface area contributed by atoms with Crippen LogP contribution in [0.25, 0.3) is 0 Å². The number of nitrogens with zero attached hydrogens (tertiary/aromatic N) is 3. The summed E-state index contributed by atoms with van der Waals surface area (Å²) in [4.78, 5) is 17.6. The van der Waals surface area contributed by atoms with Crippen molar-refractivity contribution in [1.82, 2.24) is 15.2 Å². The summed E-state index contributed by atoms with van der Waals surface area (Å²) in [5, 5.41) is 5.98. The summed E-state index contributed by atoms with van der Waals surface area (Å²) in [6.45, 7) is 5.18. The molecular formula is C18H22N4OS. The number of carbonyl (C=O) groups excluding carboxylic acids is 1. The number of thiophene rings is 1. The largest absolute Gasteiger partial charge is 0.297 e. The van der Waals surface area contributed by atoms with Crippen LogP contribution in [0.4, 0.5) is 0 Å². The second-order valence-electron chi connectivity index (χ2n) is 5.85. The van der Waals surface area contributed by atoms with Gasteiger partial charge >= 0.3 is 0 Å². The summed E-state index contributed by atoms with van der Waals surface area (Å²) in [6.07, 6.45) is 1.68. The van der Waals surface area contributed by atoms with Crippen LogP contribution in [0.2, 0.25) is 0 Å². The third kappa shape index (κ3) is 5.26. The molecule has 0 atom stereocenters. The average Bonchev–Trinajstić information content (AvgIpc) is 3.11. The lowest BCUT2D eigenvalue weighted by atomic mass is 10.2. The number of hydrazone groups is 1. The zero-order valence-electron chi connectivity index (χ0n) is 13.6. The van der Waals surface area contributed by atoms with Gasteiger partial charge in [0.1, 0.15) is 0 Å². The van der Waals surface area contributed by atoms with E-state index in [9.17, 15) is 4.79 Å². The van der Waals surface area contributed by atoms with Crippen molar-refractivity contribution < 1.29 is 4.79 Å². The van der Waals surface area contributed by atoms with Crippen LogP contribution in [0.5, 0.6) is 0 Å². The van der Waals surface area contributed by atoms with Gasteiger partial charge in [-0.05, 0) is 17.0 Å². The van der Waals surface area contributed by atoms with Gasteiger partial charge in [-0.15, -0.1) is 11.3 Å². The van der Waals surface area contributed by atoms with Gasteiger partial charge in [0.2, 0.25) is 0 Å². The maximum absolute atomic E-state index is 11.9. The first-order valence-corrected chi connectivity index (χ1v) is 9.01. The molecule has 1 aromatic heterocycles. The molecule has 6 heteroatoms. The third-order valence-electron chi connectivity index (χ3n) is 4.01. The van der Waals surface area contributed by atoms with E-state index in [0.717, 1.165) is 37.6 Å². The van der Waals surface area contributed by atoms with Gasteiger partial charge in [0.25, 0.3) is 5.91 Å². The van der Waals surface area contributed by atoms with E-state index in [1.54, 1.807) is 17.6 Å². The summed E-state index contributed by atoms with van der Waals surface area (Å²) in [7, 11) is 0. The molecule has 2 aromatic rings. The molecular weight excluding hydrogens is 320 g/mol. The Morgan fingerprint density at radius 3 is 2.54 bits per heavy atom. The maximum atomic E-state index is 11.9. The number of hydrogen-bond acceptors (Lipinski definition) is 5. The Morgan fingerprint density at radius 2 is 1.83 bits per heavy atom. The molecule has 0 radical (unpaired) electrons. The number of amides is 1. The van der Waals surface area contributed by atoms with E-state index in [-0.39, 0.29) is 5.91 Å². The Kier molecular flexibility index (Phi) is 6.12. The first-order chi connectivity index (χ1) is 11.8. The lowest BCUT2D eigenvalue weighted by Gasteiger charge is -2.34. The van der Waals surface area contributed by atoms with Crippen LogP contribution in [0.15, 0.2) is 52.9 Å². The lowest BCUT2D eigenvalue weighted by molar-refractivity contribution is -0.122. The number of benzene rings is 1. The highest BCUT2D eigenvalue weighted by atomic mass is 32.1. The molecule has 3 rings (SSSR count). The molecule has 1 aliphatic rings. The number of nitrogens with one attached hydrogen (secondary N) is 1. The van der Waals surface area contributed by atoms with Gasteiger partial charge in [0, 0.05) is 37.6 Å². The van der Waals surface area contributed by atoms with Gasteiger partial charge in [0.05, 0.1) is 12.8 Å². The van der Waals surface area contributed by atoms with E-state index in [1.807, 2.05) is 23.6 Å². The molecule has 0 spiro atoms. The molecule has 1 N–H and O–H groups in total. The number of hydrogen-bond donors (Lipinski definition) is 1. The first-order valence-electron chi connectivity index (χ1n) is 8.13. The number of piperazine rings is 1. The predicted molar refractivity (Wildman–Crippen MR) is 98.2 cm³/mol. The predicted octanol–water partition coefficient (Wildman–Crippen LogP) is 2.02. The van der Waals surface area contributed by atoms with Gasteiger partial charge in [0.15, 0.2) is 0 Å². The summed E-state index contributed by atoms with van der Waals surface area (Å²) < 4.78 is 0. The van der Waals surface area contributed by atoms with Crippen LogP contribution in [-0.4, -0.2) is 54.6 Å². The molecule has 24 heavy (non-hydrogen) atoms. The fourth-order valence-electron chi connectivity index (χ4n) is 2.72. The van der Waals surface area contributed by atoms with Crippen LogP contribution in [-0.2, 0) is 11.3 Å². The highest BCUT2D eigenvalue weighted by Gasteiger charge is 2.18. The van der Waals surface area contributed by atoms with Crippen molar-refractivity contribution >= 4 is 23.5 Å². The lowest BCUT2D eigenvalue weighted by Crippen LogP contribution is -2.48. The first kappa shape index (κ1) is 16.8. The van der Waals surface area contributed by atoms with Crippen LogP contribution in [0.3, 0.4) is 0 Å². The molecule has 1 saturated heterocycles. The molecule has 1 amide bonds. The average molecular weight is 342 g/mol. The molecule has 1 aliphatic heterocycles. The van der Waals surface area contributed by atoms with E-state index in [2.05, 4.69) is 44.6 Å². The minimum absolute atomic E-state index is 0.0562. The van der Waals surface area contributed by atoms with E-state index < -0.39 is 0 Å². The minimum atomic E-state index is -0.0562. The monoisotopic (exact) mass is 342 g/mol. The minimum Gasteiger partial charge on any atom is -0.297 e. The fraction of sp³-hybridized carbons (Fsp3) is 0.333. The normalized spacial score (nSPS) is 16.5. The van der Waals surface area contributed by atoms with Crippen molar-refractivity contribution in [1.29, 1.82) is 0 Å². The Hall–Kier alpha value is -2.02. The molecule has 0 bridgehead atoms. The smallest absolute Gasteiger partial charge is 0.254 e. The second-order valence-corrected chi connectivity index (χ2v) is 6.83. The molecule has 0 saturated carbocycles. The standard InChI is InChI=1S/C18H22N4OS/c23-18(20-19-13-17-7-4-12-24-17)15-22-10-8-21(9-11-22)14-16-5-2-1-3-6-16/h1-7,12-13H,8-11,14-15H2,(H,20,23)/b19-13+. The number of carbonyl (C=O) groups is 1.